The molecule has 0 spiro atoms. The zero-order valence-corrected chi connectivity index (χ0v) is 19.4. The predicted octanol–water partition coefficient (Wildman–Crippen LogP) is 2.80. The Labute approximate surface area is 191 Å². The van der Waals surface area contributed by atoms with Crippen molar-refractivity contribution in [2.24, 2.45) is 7.05 Å². The second-order valence-corrected chi connectivity index (χ2v) is 8.91. The normalized spacial score (nSPS) is 17.3. The van der Waals surface area contributed by atoms with E-state index in [1.807, 2.05) is 0 Å². The van der Waals surface area contributed by atoms with Gasteiger partial charge >= 0.3 is 0 Å². The van der Waals surface area contributed by atoms with Gasteiger partial charge in [-0.3, -0.25) is 9.69 Å². The fourth-order valence-electron chi connectivity index (χ4n) is 4.28. The Kier molecular flexibility index (Phi) is 6.30. The Bertz CT molecular complexity index is 1180. The van der Waals surface area contributed by atoms with Gasteiger partial charge in [-0.25, -0.2) is 13.8 Å². The monoisotopic (exact) mass is 459 g/mol. The van der Waals surface area contributed by atoms with Gasteiger partial charge in [0.2, 0.25) is 0 Å². The van der Waals surface area contributed by atoms with Crippen molar-refractivity contribution < 1.29 is 4.39 Å². The third-order valence-electron chi connectivity index (χ3n) is 5.99. The largest absolute Gasteiger partial charge is 0.367 e. The maximum Gasteiger partial charge on any atom is 0.269 e. The molecule has 8 nitrogen and oxygen atoms in total. The zero-order chi connectivity index (χ0) is 23.0. The third-order valence-corrected chi connectivity index (χ3v) is 6.23. The molecule has 1 aliphatic rings. The lowest BCUT2D eigenvalue weighted by Gasteiger charge is -2.42. The molecule has 0 unspecified atom stereocenters. The van der Waals surface area contributed by atoms with Crippen molar-refractivity contribution in [1.29, 1.82) is 0 Å². The molecular formula is C22H27ClFN7O. The maximum atomic E-state index is 14.5. The van der Waals surface area contributed by atoms with E-state index in [4.69, 9.17) is 11.6 Å². The molecule has 1 saturated heterocycles. The van der Waals surface area contributed by atoms with Gasteiger partial charge in [0.1, 0.15) is 11.5 Å². The quantitative estimate of drug-likeness (QED) is 0.584. The number of benzene rings is 1. The fourth-order valence-corrected chi connectivity index (χ4v) is 4.43. The molecule has 0 N–H and O–H groups in total. The minimum Gasteiger partial charge on any atom is -0.367 e. The molecule has 32 heavy (non-hydrogen) atoms. The molecule has 1 atom stereocenters. The van der Waals surface area contributed by atoms with Crippen LogP contribution in [0.5, 0.6) is 0 Å². The van der Waals surface area contributed by atoms with Crippen LogP contribution in [-0.4, -0.2) is 61.4 Å². The predicted molar refractivity (Wildman–Crippen MR) is 123 cm³/mol. The third kappa shape index (κ3) is 4.40. The van der Waals surface area contributed by atoms with Crippen LogP contribution in [0.3, 0.4) is 0 Å². The van der Waals surface area contributed by atoms with Gasteiger partial charge in [0.25, 0.3) is 5.56 Å². The summed E-state index contributed by atoms with van der Waals surface area (Å²) in [5, 5.41) is 12.8. The molecule has 1 aliphatic heterocycles. The molecule has 10 heteroatoms. The lowest BCUT2D eigenvalue weighted by atomic mass is 10.1. The van der Waals surface area contributed by atoms with Gasteiger partial charge in [-0.2, -0.15) is 5.10 Å². The van der Waals surface area contributed by atoms with Crippen molar-refractivity contribution in [3.05, 3.63) is 57.3 Å². The Morgan fingerprint density at radius 1 is 1.25 bits per heavy atom. The molecule has 0 bridgehead atoms. The Hall–Kier alpha value is -2.78. The van der Waals surface area contributed by atoms with E-state index in [-0.39, 0.29) is 17.7 Å². The number of halogens is 2. The summed E-state index contributed by atoms with van der Waals surface area (Å²) in [6.45, 7) is 9.36. The Balaban J connectivity index is 1.57. The number of rotatable bonds is 5. The standard InChI is InChI=1S/C22H27ClFN7O/c1-14(2)30-8-7-29(12-15(30)3)17-10-21(32)31(25-11-17)13-20-22(26-27-28(20)4)18-6-5-16(23)9-19(18)24/h5-6,9-11,14-15H,7-8,12-13H2,1-4H3/t15-/m0/s1. The number of piperazine rings is 1. The van der Waals surface area contributed by atoms with Gasteiger partial charge in [0.15, 0.2) is 0 Å². The lowest BCUT2D eigenvalue weighted by molar-refractivity contribution is 0.148. The van der Waals surface area contributed by atoms with Gasteiger partial charge in [-0.05, 0) is 39.0 Å². The summed E-state index contributed by atoms with van der Waals surface area (Å²) in [5.74, 6) is -0.496. The highest BCUT2D eigenvalue weighted by Crippen LogP contribution is 2.26. The van der Waals surface area contributed by atoms with E-state index in [9.17, 15) is 9.18 Å². The molecule has 4 rings (SSSR count). The first-order valence-electron chi connectivity index (χ1n) is 10.7. The summed E-state index contributed by atoms with van der Waals surface area (Å²) in [6.07, 6.45) is 1.71. The highest BCUT2D eigenvalue weighted by Gasteiger charge is 2.26. The van der Waals surface area contributed by atoms with Gasteiger partial charge in [-0.1, -0.05) is 16.8 Å². The number of nitrogens with zero attached hydrogens (tertiary/aromatic N) is 7. The van der Waals surface area contributed by atoms with E-state index < -0.39 is 5.82 Å². The van der Waals surface area contributed by atoms with Crippen molar-refractivity contribution in [3.63, 3.8) is 0 Å². The van der Waals surface area contributed by atoms with Crippen LogP contribution >= 0.6 is 11.6 Å². The van der Waals surface area contributed by atoms with Crippen LogP contribution in [0, 0.1) is 5.82 Å². The number of hydrogen-bond donors (Lipinski definition) is 0. The highest BCUT2D eigenvalue weighted by atomic mass is 35.5. The minimum absolute atomic E-state index is 0.123. The van der Waals surface area contributed by atoms with Crippen LogP contribution in [-0.2, 0) is 13.6 Å². The molecular weight excluding hydrogens is 433 g/mol. The minimum atomic E-state index is -0.496. The van der Waals surface area contributed by atoms with Crippen molar-refractivity contribution in [2.45, 2.75) is 39.4 Å². The Morgan fingerprint density at radius 3 is 2.69 bits per heavy atom. The molecule has 3 heterocycles. The first-order valence-corrected chi connectivity index (χ1v) is 11.0. The summed E-state index contributed by atoms with van der Waals surface area (Å²) >= 11 is 5.87. The van der Waals surface area contributed by atoms with Crippen LogP contribution in [0.15, 0.2) is 35.3 Å². The van der Waals surface area contributed by atoms with Crippen LogP contribution in [0.4, 0.5) is 10.1 Å². The number of anilines is 1. The summed E-state index contributed by atoms with van der Waals surface area (Å²) < 4.78 is 17.3. The fraction of sp³-hybridized carbons (Fsp3) is 0.455. The molecule has 3 aromatic rings. The van der Waals surface area contributed by atoms with Gasteiger partial charge in [0.05, 0.1) is 24.1 Å². The topological polar surface area (TPSA) is 72.1 Å². The molecule has 170 valence electrons. The molecule has 0 amide bonds. The van der Waals surface area contributed by atoms with Crippen LogP contribution in [0.2, 0.25) is 5.02 Å². The van der Waals surface area contributed by atoms with E-state index in [0.29, 0.717) is 28.5 Å². The molecule has 2 aromatic heterocycles. The molecule has 1 fully saturated rings. The van der Waals surface area contributed by atoms with E-state index in [1.165, 1.54) is 15.4 Å². The van der Waals surface area contributed by atoms with Crippen LogP contribution < -0.4 is 10.5 Å². The van der Waals surface area contributed by atoms with E-state index >= 15 is 0 Å². The van der Waals surface area contributed by atoms with E-state index in [1.54, 1.807) is 31.4 Å². The maximum absolute atomic E-state index is 14.5. The zero-order valence-electron chi connectivity index (χ0n) is 18.7. The second-order valence-electron chi connectivity index (χ2n) is 8.47. The lowest BCUT2D eigenvalue weighted by Crippen LogP contribution is -2.54. The van der Waals surface area contributed by atoms with Crippen molar-refractivity contribution in [1.82, 2.24) is 29.7 Å². The van der Waals surface area contributed by atoms with E-state index in [2.05, 4.69) is 46.0 Å². The summed E-state index contributed by atoms with van der Waals surface area (Å²) in [6, 6.07) is 6.88. The van der Waals surface area contributed by atoms with Crippen LogP contribution in [0.1, 0.15) is 26.5 Å². The second kappa shape index (κ2) is 8.99. The summed E-state index contributed by atoms with van der Waals surface area (Å²) in [5.41, 5.74) is 1.80. The first-order chi connectivity index (χ1) is 15.2. The first kappa shape index (κ1) is 22.4. The van der Waals surface area contributed by atoms with Gasteiger partial charge in [0, 0.05) is 55.4 Å². The average molecular weight is 460 g/mol. The Morgan fingerprint density at radius 2 is 2.03 bits per heavy atom. The molecule has 0 aliphatic carbocycles. The number of aromatic nitrogens is 5. The molecule has 1 aromatic carbocycles. The van der Waals surface area contributed by atoms with Crippen molar-refractivity contribution >= 4 is 17.3 Å². The van der Waals surface area contributed by atoms with Crippen molar-refractivity contribution in [3.8, 4) is 11.3 Å². The number of hydrogen-bond acceptors (Lipinski definition) is 6. The molecule has 0 radical (unpaired) electrons. The SMILES string of the molecule is CC(C)N1CCN(c2cnn(Cc3c(-c4ccc(Cl)cc4F)nnn3C)c(=O)c2)C[C@@H]1C. The number of aryl methyl sites for hydroxylation is 1. The summed E-state index contributed by atoms with van der Waals surface area (Å²) in [4.78, 5) is 17.5. The highest BCUT2D eigenvalue weighted by molar-refractivity contribution is 6.30. The summed E-state index contributed by atoms with van der Waals surface area (Å²) in [7, 11) is 1.70. The molecule has 0 saturated carbocycles. The van der Waals surface area contributed by atoms with E-state index in [0.717, 1.165) is 25.3 Å². The average Bonchev–Trinajstić information content (AvgIpc) is 3.09. The van der Waals surface area contributed by atoms with Crippen molar-refractivity contribution in [2.75, 3.05) is 24.5 Å². The smallest absolute Gasteiger partial charge is 0.269 e. The van der Waals surface area contributed by atoms with Crippen LogP contribution in [0.25, 0.3) is 11.3 Å². The van der Waals surface area contributed by atoms with Gasteiger partial charge in [-0.15, -0.1) is 5.10 Å². The van der Waals surface area contributed by atoms with Gasteiger partial charge < -0.3 is 4.90 Å².